The van der Waals surface area contributed by atoms with Gasteiger partial charge in [-0.3, -0.25) is 19.4 Å². The topological polar surface area (TPSA) is 99.1 Å². The van der Waals surface area contributed by atoms with Gasteiger partial charge in [0, 0.05) is 19.2 Å². The Kier molecular flexibility index (Phi) is 17.0. The second kappa shape index (κ2) is 18.7. The summed E-state index contributed by atoms with van der Waals surface area (Å²) in [4.78, 5) is 42.8. The van der Waals surface area contributed by atoms with Crippen molar-refractivity contribution in [3.63, 3.8) is 0 Å². The third kappa shape index (κ3) is 13.0. The second-order valence-electron chi connectivity index (χ2n) is 10.0. The van der Waals surface area contributed by atoms with Gasteiger partial charge in [0.15, 0.2) is 0 Å². The summed E-state index contributed by atoms with van der Waals surface area (Å²) in [5.41, 5.74) is 1.18. The fourth-order valence-corrected chi connectivity index (χ4v) is 4.62. The summed E-state index contributed by atoms with van der Waals surface area (Å²) in [6.07, 6.45) is 8.84. The molecule has 1 saturated carbocycles. The fourth-order valence-electron chi connectivity index (χ4n) is 4.62. The van der Waals surface area contributed by atoms with Crippen LogP contribution in [0.25, 0.3) is 0 Å². The number of aliphatic carboxylic acids is 1. The smallest absolute Gasteiger partial charge is 0.305 e. The highest BCUT2D eigenvalue weighted by molar-refractivity contribution is 6.45. The first-order chi connectivity index (χ1) is 18.8. The van der Waals surface area contributed by atoms with Crippen molar-refractivity contribution in [3.05, 3.63) is 73.2 Å². The molecule has 0 aromatic rings. The van der Waals surface area contributed by atoms with Crippen LogP contribution in [0.2, 0.25) is 0 Å². The molecular formula is C32H48FN3O4. The molecular weight excluding hydrogens is 509 g/mol. The average molecular weight is 558 g/mol. The molecule has 0 aromatic carbocycles. The number of hydrogen-bond acceptors (Lipinski definition) is 4. The van der Waals surface area contributed by atoms with E-state index in [4.69, 9.17) is 10.1 Å². The number of carbonyl (C=O) groups excluding carboxylic acids is 2. The highest BCUT2D eigenvalue weighted by Crippen LogP contribution is 2.31. The van der Waals surface area contributed by atoms with Gasteiger partial charge in [-0.05, 0) is 60.8 Å². The molecule has 0 radical (unpaired) electrons. The lowest BCUT2D eigenvalue weighted by molar-refractivity contribution is -0.137. The van der Waals surface area contributed by atoms with Crippen LogP contribution in [0.15, 0.2) is 78.2 Å². The molecule has 222 valence electrons. The Labute approximate surface area is 240 Å². The molecule has 2 N–H and O–H groups in total. The van der Waals surface area contributed by atoms with E-state index in [2.05, 4.69) is 45.5 Å². The van der Waals surface area contributed by atoms with E-state index in [9.17, 15) is 18.8 Å². The molecule has 3 unspecified atom stereocenters. The molecule has 1 aliphatic rings. The third-order valence-corrected chi connectivity index (χ3v) is 6.45. The number of allylic oxidation sites excluding steroid dienone is 3. The summed E-state index contributed by atoms with van der Waals surface area (Å²) in [5, 5.41) is 11.2. The quantitative estimate of drug-likeness (QED) is 0.147. The number of carboxylic acids is 1. The summed E-state index contributed by atoms with van der Waals surface area (Å²) < 4.78 is 13.3. The largest absolute Gasteiger partial charge is 0.481 e. The first-order valence-corrected chi connectivity index (χ1v) is 13.9. The Morgan fingerprint density at radius 3 is 2.05 bits per heavy atom. The van der Waals surface area contributed by atoms with Crippen molar-refractivity contribution in [2.45, 2.75) is 78.8 Å². The maximum atomic E-state index is 13.7. The number of halogens is 1. The average Bonchev–Trinajstić information content (AvgIpc) is 2.89. The molecule has 8 heteroatoms. The van der Waals surface area contributed by atoms with Crippen LogP contribution in [0.3, 0.4) is 0 Å². The number of amides is 2. The van der Waals surface area contributed by atoms with Crippen molar-refractivity contribution < 1.29 is 23.9 Å². The van der Waals surface area contributed by atoms with E-state index >= 15 is 0 Å². The van der Waals surface area contributed by atoms with E-state index in [-0.39, 0.29) is 36.2 Å². The minimum Gasteiger partial charge on any atom is -0.481 e. The molecule has 7 nitrogen and oxygen atoms in total. The maximum Gasteiger partial charge on any atom is 0.305 e. The van der Waals surface area contributed by atoms with Gasteiger partial charge in [-0.1, -0.05) is 73.1 Å². The summed E-state index contributed by atoms with van der Waals surface area (Å²) in [6.45, 7) is 25.2. The van der Waals surface area contributed by atoms with Crippen molar-refractivity contribution in [3.8, 4) is 0 Å². The molecule has 1 rings (SSSR count). The van der Waals surface area contributed by atoms with Gasteiger partial charge in [-0.15, -0.1) is 0 Å². The van der Waals surface area contributed by atoms with Gasteiger partial charge in [0.25, 0.3) is 11.8 Å². The highest BCUT2D eigenvalue weighted by Gasteiger charge is 2.28. The molecule has 0 aliphatic heterocycles. The van der Waals surface area contributed by atoms with E-state index in [1.54, 1.807) is 13.1 Å². The molecule has 0 heterocycles. The molecule has 0 saturated heterocycles. The van der Waals surface area contributed by atoms with Crippen LogP contribution in [-0.2, 0) is 14.4 Å². The lowest BCUT2D eigenvalue weighted by atomic mass is 9.80. The van der Waals surface area contributed by atoms with Crippen LogP contribution in [0.5, 0.6) is 0 Å². The first-order valence-electron chi connectivity index (χ1n) is 13.9. The minimum atomic E-state index is -1.01. The van der Waals surface area contributed by atoms with Crippen LogP contribution in [0, 0.1) is 11.8 Å². The Balaban J connectivity index is 0.00000742. The summed E-state index contributed by atoms with van der Waals surface area (Å²) in [7, 11) is 1.65. The zero-order valence-electron chi connectivity index (χ0n) is 25.1. The summed E-state index contributed by atoms with van der Waals surface area (Å²) >= 11 is 0. The van der Waals surface area contributed by atoms with Crippen LogP contribution >= 0.6 is 0 Å². The van der Waals surface area contributed by atoms with Crippen LogP contribution in [0.4, 0.5) is 4.39 Å². The van der Waals surface area contributed by atoms with Crippen molar-refractivity contribution in [2.24, 2.45) is 16.8 Å². The van der Waals surface area contributed by atoms with E-state index < -0.39 is 23.7 Å². The number of carbonyl (C=O) groups is 3. The molecule has 1 aliphatic carbocycles. The maximum absolute atomic E-state index is 13.7. The van der Waals surface area contributed by atoms with Crippen molar-refractivity contribution in [2.75, 3.05) is 13.6 Å². The van der Waals surface area contributed by atoms with Crippen molar-refractivity contribution in [1.82, 2.24) is 10.2 Å². The second-order valence-corrected chi connectivity index (χ2v) is 10.0. The van der Waals surface area contributed by atoms with Crippen LogP contribution < -0.4 is 5.32 Å². The standard InChI is InChI=1S/C30H42FN3O4.C2H6/c1-9-26(21(4)10-11-23(6)29(37)32-15-14-27(35)36)34(8)30(38)28(22(5)12-13-24(7)31)33-25-17-19(2)16-20(3)18-25;1-2/h10-13,19-20,25-26H,4-7,9,14-18H2,1-3,8H3,(H,32,37)(H,35,36);1-2H3/b11-10-,13-12-,33-28?;. The highest BCUT2D eigenvalue weighted by atomic mass is 19.1. The molecule has 3 atom stereocenters. The summed E-state index contributed by atoms with van der Waals surface area (Å²) in [6, 6.07) is -0.449. The summed E-state index contributed by atoms with van der Waals surface area (Å²) in [5.74, 6) is -1.54. The van der Waals surface area contributed by atoms with Gasteiger partial charge >= 0.3 is 5.97 Å². The van der Waals surface area contributed by atoms with E-state index in [0.29, 0.717) is 29.4 Å². The Morgan fingerprint density at radius 2 is 1.55 bits per heavy atom. The monoisotopic (exact) mass is 557 g/mol. The lowest BCUT2D eigenvalue weighted by Gasteiger charge is -2.31. The first kappa shape index (κ1) is 36.5. The SMILES string of the molecule is C=C(F)/C=C\C(=C)C(=NC1CC(C)CC(C)C1)C(=O)N(C)C(CC)C(=C)/C=C\C(=C)C(=O)NCCC(=O)O.CC. The van der Waals surface area contributed by atoms with Gasteiger partial charge in [-0.2, -0.15) is 0 Å². The Morgan fingerprint density at radius 1 is 1.00 bits per heavy atom. The van der Waals surface area contributed by atoms with E-state index in [1.807, 2.05) is 20.8 Å². The van der Waals surface area contributed by atoms with E-state index in [1.165, 1.54) is 17.1 Å². The third-order valence-electron chi connectivity index (χ3n) is 6.45. The fraction of sp³-hybridized carbons (Fsp3) is 0.500. The number of aliphatic imine (C=N–C) groups is 1. The predicted octanol–water partition coefficient (Wildman–Crippen LogP) is 6.37. The predicted molar refractivity (Wildman–Crippen MR) is 163 cm³/mol. The number of nitrogens with zero attached hydrogens (tertiary/aromatic N) is 2. The molecule has 2 amide bonds. The Bertz CT molecular complexity index is 1030. The van der Waals surface area contributed by atoms with Gasteiger partial charge in [0.05, 0.1) is 18.5 Å². The van der Waals surface area contributed by atoms with Crippen LogP contribution in [0.1, 0.15) is 66.7 Å². The molecule has 1 fully saturated rings. The zero-order chi connectivity index (χ0) is 31.0. The number of carboxylic acid groups (broad SMARTS) is 1. The van der Waals surface area contributed by atoms with Gasteiger partial charge in [0.2, 0.25) is 0 Å². The zero-order valence-corrected chi connectivity index (χ0v) is 25.1. The van der Waals surface area contributed by atoms with Crippen molar-refractivity contribution >= 4 is 23.5 Å². The normalized spacial score (nSPS) is 19.8. The van der Waals surface area contributed by atoms with Crippen LogP contribution in [-0.4, -0.2) is 59.2 Å². The molecule has 0 aromatic heterocycles. The molecule has 40 heavy (non-hydrogen) atoms. The number of hydrogen-bond donors (Lipinski definition) is 2. The van der Waals surface area contributed by atoms with Gasteiger partial charge < -0.3 is 15.3 Å². The lowest BCUT2D eigenvalue weighted by Crippen LogP contribution is -2.42. The van der Waals surface area contributed by atoms with Gasteiger partial charge in [-0.25, -0.2) is 4.39 Å². The number of rotatable bonds is 14. The van der Waals surface area contributed by atoms with E-state index in [0.717, 1.165) is 25.3 Å². The van der Waals surface area contributed by atoms with Crippen molar-refractivity contribution in [1.29, 1.82) is 0 Å². The van der Waals surface area contributed by atoms with Gasteiger partial charge in [0.1, 0.15) is 11.5 Å². The molecule has 0 spiro atoms. The number of nitrogens with one attached hydrogen (secondary N) is 1. The molecule has 0 bridgehead atoms. The Hall–Kier alpha value is -3.55. The number of likely N-dealkylation sites (N-methyl/N-ethyl adjacent to an activating group) is 1. The minimum absolute atomic E-state index is 0.00839.